The van der Waals surface area contributed by atoms with E-state index in [0.717, 1.165) is 42.1 Å². The van der Waals surface area contributed by atoms with Crippen molar-refractivity contribution >= 4 is 54.9 Å². The number of amides is 1. The Balaban J connectivity index is 1.52. The number of hydrogen-bond donors (Lipinski definition) is 1. The van der Waals surface area contributed by atoms with Crippen molar-refractivity contribution in [2.75, 3.05) is 14.2 Å². The average Bonchev–Trinajstić information content (AvgIpc) is 3.37. The molecule has 0 unspecified atom stereocenters. The fourth-order valence-corrected chi connectivity index (χ4v) is 5.82. The predicted molar refractivity (Wildman–Crippen MR) is 151 cm³/mol. The van der Waals surface area contributed by atoms with Crippen LogP contribution in [-0.2, 0) is 0 Å². The van der Waals surface area contributed by atoms with E-state index in [2.05, 4.69) is 31.2 Å². The summed E-state index contributed by atoms with van der Waals surface area (Å²) >= 11 is 11.1. The van der Waals surface area contributed by atoms with Crippen molar-refractivity contribution < 1.29 is 14.3 Å². The molecule has 0 atom stereocenters. The minimum absolute atomic E-state index is 0.162. The van der Waals surface area contributed by atoms with Crippen molar-refractivity contribution in [1.82, 2.24) is 15.3 Å². The highest BCUT2D eigenvalue weighted by molar-refractivity contribution is 9.10. The van der Waals surface area contributed by atoms with Crippen LogP contribution in [0.3, 0.4) is 0 Å². The SMILES string of the molecule is COc1ccc(C(NC(=O)c2cccc3sc(-c4nc(Cl)ncc4Br)cc23)c2ccc(OC)cc2)cc1. The first kappa shape index (κ1) is 25.2. The van der Waals surface area contributed by atoms with Crippen molar-refractivity contribution in [1.29, 1.82) is 0 Å². The first-order valence-electron chi connectivity index (χ1n) is 11.3. The van der Waals surface area contributed by atoms with E-state index < -0.39 is 0 Å². The molecule has 0 saturated carbocycles. The van der Waals surface area contributed by atoms with Gasteiger partial charge in [0.25, 0.3) is 5.91 Å². The number of ether oxygens (including phenoxy) is 2. The topological polar surface area (TPSA) is 73.3 Å². The Labute approximate surface area is 231 Å². The van der Waals surface area contributed by atoms with E-state index in [1.807, 2.05) is 72.8 Å². The van der Waals surface area contributed by atoms with Gasteiger partial charge in [-0.05, 0) is 81.1 Å². The van der Waals surface area contributed by atoms with Crippen LogP contribution < -0.4 is 14.8 Å². The fourth-order valence-electron chi connectivity index (χ4n) is 4.05. The first-order chi connectivity index (χ1) is 18.0. The van der Waals surface area contributed by atoms with Gasteiger partial charge in [0.2, 0.25) is 5.28 Å². The van der Waals surface area contributed by atoms with Crippen LogP contribution in [0.2, 0.25) is 5.28 Å². The van der Waals surface area contributed by atoms with Crippen molar-refractivity contribution in [3.8, 4) is 22.1 Å². The Morgan fingerprint density at radius 2 is 1.59 bits per heavy atom. The molecular weight excluding hydrogens is 574 g/mol. The molecule has 0 bridgehead atoms. The second-order valence-corrected chi connectivity index (χ2v) is 10.4. The van der Waals surface area contributed by atoms with Crippen LogP contribution in [0.1, 0.15) is 27.5 Å². The van der Waals surface area contributed by atoms with Gasteiger partial charge in [0.05, 0.1) is 35.3 Å². The van der Waals surface area contributed by atoms with Gasteiger partial charge in [-0.2, -0.15) is 0 Å². The van der Waals surface area contributed by atoms with E-state index in [1.165, 1.54) is 11.3 Å². The molecule has 37 heavy (non-hydrogen) atoms. The molecule has 5 aromatic rings. The number of nitrogens with one attached hydrogen (secondary N) is 1. The largest absolute Gasteiger partial charge is 0.497 e. The summed E-state index contributed by atoms with van der Waals surface area (Å²) in [5, 5.41) is 4.23. The Morgan fingerprint density at radius 3 is 2.19 bits per heavy atom. The molecule has 0 aliphatic carbocycles. The van der Waals surface area contributed by atoms with Crippen LogP contribution in [0, 0.1) is 0 Å². The van der Waals surface area contributed by atoms with Gasteiger partial charge in [-0.1, -0.05) is 30.3 Å². The molecule has 3 aromatic carbocycles. The second kappa shape index (κ2) is 10.9. The van der Waals surface area contributed by atoms with E-state index >= 15 is 0 Å². The summed E-state index contributed by atoms with van der Waals surface area (Å²) < 4.78 is 12.3. The first-order valence-corrected chi connectivity index (χ1v) is 13.3. The molecule has 5 rings (SSSR count). The third-order valence-electron chi connectivity index (χ3n) is 5.93. The van der Waals surface area contributed by atoms with E-state index in [4.69, 9.17) is 21.1 Å². The standard InChI is InChI=1S/C28H21BrClN3O3S/c1-35-18-10-6-16(7-11-18)25(17-8-12-19(36-2)13-9-17)32-27(34)20-4-3-5-23-21(20)14-24(37-23)26-22(29)15-31-28(30)33-26/h3-15,25H,1-2H3,(H,32,34). The number of carbonyl (C=O) groups is 1. The van der Waals surface area contributed by atoms with Crippen molar-refractivity contribution in [2.24, 2.45) is 0 Å². The average molecular weight is 595 g/mol. The summed E-state index contributed by atoms with van der Waals surface area (Å²) in [6.07, 6.45) is 1.62. The fraction of sp³-hybridized carbons (Fsp3) is 0.107. The molecule has 2 aromatic heterocycles. The second-order valence-electron chi connectivity index (χ2n) is 8.12. The van der Waals surface area contributed by atoms with E-state index in [-0.39, 0.29) is 17.2 Å². The molecule has 2 heterocycles. The molecule has 1 N–H and O–H groups in total. The minimum atomic E-state index is -0.382. The lowest BCUT2D eigenvalue weighted by atomic mass is 9.97. The van der Waals surface area contributed by atoms with Crippen molar-refractivity contribution in [2.45, 2.75) is 6.04 Å². The number of hydrogen-bond acceptors (Lipinski definition) is 6. The number of methoxy groups -OCH3 is 2. The van der Waals surface area contributed by atoms with Crippen LogP contribution in [0.4, 0.5) is 0 Å². The van der Waals surface area contributed by atoms with Crippen LogP contribution >= 0.6 is 38.9 Å². The highest BCUT2D eigenvalue weighted by Gasteiger charge is 2.21. The molecular formula is C28H21BrClN3O3S. The quantitative estimate of drug-likeness (QED) is 0.200. The zero-order valence-electron chi connectivity index (χ0n) is 19.9. The lowest BCUT2D eigenvalue weighted by molar-refractivity contribution is 0.0944. The molecule has 9 heteroatoms. The van der Waals surface area contributed by atoms with Gasteiger partial charge >= 0.3 is 0 Å². The molecule has 186 valence electrons. The monoisotopic (exact) mass is 593 g/mol. The van der Waals surface area contributed by atoms with E-state index in [1.54, 1.807) is 20.4 Å². The van der Waals surface area contributed by atoms with Gasteiger partial charge in [-0.25, -0.2) is 9.97 Å². The van der Waals surface area contributed by atoms with Crippen LogP contribution in [0.5, 0.6) is 11.5 Å². The molecule has 0 aliphatic heterocycles. The molecule has 6 nitrogen and oxygen atoms in total. The Kier molecular flexibility index (Phi) is 7.41. The smallest absolute Gasteiger partial charge is 0.252 e. The zero-order valence-corrected chi connectivity index (χ0v) is 23.0. The van der Waals surface area contributed by atoms with Gasteiger partial charge in [-0.3, -0.25) is 4.79 Å². The van der Waals surface area contributed by atoms with E-state index in [9.17, 15) is 4.79 Å². The lowest BCUT2D eigenvalue weighted by Crippen LogP contribution is -2.29. The number of benzene rings is 3. The van der Waals surface area contributed by atoms with Crippen LogP contribution in [-0.4, -0.2) is 30.1 Å². The normalized spacial score (nSPS) is 11.1. The summed E-state index contributed by atoms with van der Waals surface area (Å²) in [5.41, 5.74) is 3.11. The van der Waals surface area contributed by atoms with Crippen molar-refractivity contribution in [3.63, 3.8) is 0 Å². The summed E-state index contributed by atoms with van der Waals surface area (Å²) in [4.78, 5) is 23.0. The van der Waals surface area contributed by atoms with Gasteiger partial charge < -0.3 is 14.8 Å². The number of carbonyl (C=O) groups excluding carboxylic acids is 1. The highest BCUT2D eigenvalue weighted by Crippen LogP contribution is 2.38. The van der Waals surface area contributed by atoms with E-state index in [0.29, 0.717) is 11.3 Å². The molecule has 1 amide bonds. The number of halogens is 2. The number of fused-ring (bicyclic) bond motifs is 1. The molecule has 0 aliphatic rings. The maximum Gasteiger partial charge on any atom is 0.252 e. The lowest BCUT2D eigenvalue weighted by Gasteiger charge is -2.21. The van der Waals surface area contributed by atoms with Gasteiger partial charge in [-0.15, -0.1) is 11.3 Å². The highest BCUT2D eigenvalue weighted by atomic mass is 79.9. The molecule has 0 radical (unpaired) electrons. The molecule has 0 fully saturated rings. The Bertz CT molecular complexity index is 1530. The third kappa shape index (κ3) is 5.32. The van der Waals surface area contributed by atoms with Gasteiger partial charge in [0.1, 0.15) is 11.5 Å². The molecule has 0 saturated heterocycles. The van der Waals surface area contributed by atoms with Gasteiger partial charge in [0, 0.05) is 21.8 Å². The maximum absolute atomic E-state index is 13.7. The maximum atomic E-state index is 13.7. The predicted octanol–water partition coefficient (Wildman–Crippen LogP) is 7.31. The Hall–Kier alpha value is -3.46. The summed E-state index contributed by atoms with van der Waals surface area (Å²) in [5.74, 6) is 1.30. The minimum Gasteiger partial charge on any atom is -0.497 e. The van der Waals surface area contributed by atoms with Crippen LogP contribution in [0.25, 0.3) is 20.7 Å². The number of thiophene rings is 1. The number of rotatable bonds is 7. The summed E-state index contributed by atoms with van der Waals surface area (Å²) in [7, 11) is 3.25. The van der Waals surface area contributed by atoms with Crippen molar-refractivity contribution in [3.05, 3.63) is 105 Å². The Morgan fingerprint density at radius 1 is 0.973 bits per heavy atom. The zero-order chi connectivity index (χ0) is 25.9. The van der Waals surface area contributed by atoms with Gasteiger partial charge in [0.15, 0.2) is 0 Å². The summed E-state index contributed by atoms with van der Waals surface area (Å²) in [6.45, 7) is 0. The third-order valence-corrected chi connectivity index (χ3v) is 7.80. The van der Waals surface area contributed by atoms with Crippen LogP contribution in [0.15, 0.2) is 83.5 Å². The number of aromatic nitrogens is 2. The number of nitrogens with zero attached hydrogens (tertiary/aromatic N) is 2. The molecule has 0 spiro atoms. The summed E-state index contributed by atoms with van der Waals surface area (Å²) in [6, 6.07) is 22.6.